The number of methoxy groups -OCH3 is 1. The Labute approximate surface area is 170 Å². The van der Waals surface area contributed by atoms with Gasteiger partial charge in [-0.15, -0.1) is 0 Å². The third-order valence-electron chi connectivity index (χ3n) is 4.48. The first-order chi connectivity index (χ1) is 13.9. The lowest BCUT2D eigenvalue weighted by Crippen LogP contribution is -2.30. The normalized spacial score (nSPS) is 11.0. The van der Waals surface area contributed by atoms with Gasteiger partial charge >= 0.3 is 0 Å². The summed E-state index contributed by atoms with van der Waals surface area (Å²) < 4.78 is 32.6. The van der Waals surface area contributed by atoms with E-state index in [9.17, 15) is 13.2 Å². The molecule has 0 spiro atoms. The summed E-state index contributed by atoms with van der Waals surface area (Å²) in [4.78, 5) is 12.7. The standard InChI is InChI=1S/C22H22N2O4S/c1-24(18-10-4-3-5-11-18)29(26,27)21-14-7-6-13-20(21)22(25)23-16-17-9-8-12-19(15-17)28-2/h3-15H,16H2,1-2H3,(H,23,25). The molecule has 3 aromatic rings. The van der Waals surface area contributed by atoms with E-state index in [2.05, 4.69) is 5.32 Å². The van der Waals surface area contributed by atoms with Gasteiger partial charge in [0.05, 0.1) is 18.4 Å². The van der Waals surface area contributed by atoms with Crippen LogP contribution in [0, 0.1) is 0 Å². The van der Waals surface area contributed by atoms with E-state index in [-0.39, 0.29) is 17.0 Å². The summed E-state index contributed by atoms with van der Waals surface area (Å²) in [7, 11) is -0.870. The molecule has 3 aromatic carbocycles. The zero-order valence-corrected chi connectivity index (χ0v) is 17.0. The largest absolute Gasteiger partial charge is 0.497 e. The van der Waals surface area contributed by atoms with Crippen molar-refractivity contribution in [2.24, 2.45) is 0 Å². The highest BCUT2D eigenvalue weighted by molar-refractivity contribution is 7.92. The second-order valence-electron chi connectivity index (χ2n) is 6.34. The first-order valence-electron chi connectivity index (χ1n) is 8.97. The van der Waals surface area contributed by atoms with Crippen molar-refractivity contribution in [1.82, 2.24) is 5.32 Å². The van der Waals surface area contributed by atoms with E-state index in [1.165, 1.54) is 23.5 Å². The van der Waals surface area contributed by atoms with Crippen molar-refractivity contribution in [3.63, 3.8) is 0 Å². The van der Waals surface area contributed by atoms with E-state index in [4.69, 9.17) is 4.74 Å². The van der Waals surface area contributed by atoms with Gasteiger partial charge in [-0.3, -0.25) is 9.10 Å². The molecular formula is C22H22N2O4S. The molecule has 0 radical (unpaired) electrons. The maximum Gasteiger partial charge on any atom is 0.264 e. The minimum absolute atomic E-state index is 0.0468. The lowest BCUT2D eigenvalue weighted by atomic mass is 10.2. The molecule has 6 nitrogen and oxygen atoms in total. The van der Waals surface area contributed by atoms with E-state index >= 15 is 0 Å². The van der Waals surface area contributed by atoms with Crippen LogP contribution in [0.3, 0.4) is 0 Å². The van der Waals surface area contributed by atoms with Gasteiger partial charge in [-0.25, -0.2) is 8.42 Å². The fourth-order valence-corrected chi connectivity index (χ4v) is 4.25. The molecule has 1 amide bonds. The molecule has 0 fully saturated rings. The van der Waals surface area contributed by atoms with Crippen molar-refractivity contribution in [1.29, 1.82) is 0 Å². The average molecular weight is 410 g/mol. The molecule has 0 bridgehead atoms. The molecule has 0 heterocycles. The van der Waals surface area contributed by atoms with Crippen LogP contribution >= 0.6 is 0 Å². The van der Waals surface area contributed by atoms with Crippen LogP contribution in [0.4, 0.5) is 5.69 Å². The summed E-state index contributed by atoms with van der Waals surface area (Å²) >= 11 is 0. The lowest BCUT2D eigenvalue weighted by Gasteiger charge is -2.21. The fourth-order valence-electron chi connectivity index (χ4n) is 2.86. The Morgan fingerprint density at radius 2 is 1.66 bits per heavy atom. The van der Waals surface area contributed by atoms with Crippen LogP contribution in [0.15, 0.2) is 83.8 Å². The number of carbonyl (C=O) groups excluding carboxylic acids is 1. The van der Waals surface area contributed by atoms with Crippen LogP contribution in [0.1, 0.15) is 15.9 Å². The Morgan fingerprint density at radius 1 is 0.966 bits per heavy atom. The number of ether oxygens (including phenoxy) is 1. The van der Waals surface area contributed by atoms with Crippen molar-refractivity contribution in [2.75, 3.05) is 18.5 Å². The van der Waals surface area contributed by atoms with Crippen molar-refractivity contribution in [3.05, 3.63) is 90.0 Å². The van der Waals surface area contributed by atoms with Gasteiger partial charge in [0.15, 0.2) is 0 Å². The van der Waals surface area contributed by atoms with Crippen molar-refractivity contribution in [2.45, 2.75) is 11.4 Å². The second-order valence-corrected chi connectivity index (χ2v) is 8.28. The minimum Gasteiger partial charge on any atom is -0.497 e. The predicted octanol–water partition coefficient (Wildman–Crippen LogP) is 3.45. The molecule has 1 N–H and O–H groups in total. The van der Waals surface area contributed by atoms with Crippen molar-refractivity contribution < 1.29 is 17.9 Å². The molecule has 150 valence electrons. The van der Waals surface area contributed by atoms with Gasteiger partial charge < -0.3 is 10.1 Å². The summed E-state index contributed by atoms with van der Waals surface area (Å²) in [5, 5.41) is 2.78. The van der Waals surface area contributed by atoms with Crippen molar-refractivity contribution in [3.8, 4) is 5.75 Å². The number of carbonyl (C=O) groups is 1. The highest BCUT2D eigenvalue weighted by atomic mass is 32.2. The molecule has 7 heteroatoms. The SMILES string of the molecule is COc1cccc(CNC(=O)c2ccccc2S(=O)(=O)N(C)c2ccccc2)c1. The van der Waals surface area contributed by atoms with E-state index in [1.807, 2.05) is 30.3 Å². The fraction of sp³-hybridized carbons (Fsp3) is 0.136. The molecule has 0 atom stereocenters. The first kappa shape index (κ1) is 20.4. The third-order valence-corrected chi connectivity index (χ3v) is 6.32. The molecule has 0 saturated carbocycles. The topological polar surface area (TPSA) is 75.7 Å². The molecule has 0 unspecified atom stereocenters. The zero-order valence-electron chi connectivity index (χ0n) is 16.2. The number of sulfonamides is 1. The summed E-state index contributed by atoms with van der Waals surface area (Å²) in [6, 6.07) is 22.2. The first-order valence-corrected chi connectivity index (χ1v) is 10.4. The Balaban J connectivity index is 1.85. The number of rotatable bonds is 7. The van der Waals surface area contributed by atoms with Gasteiger partial charge in [-0.05, 0) is 42.0 Å². The van der Waals surface area contributed by atoms with Crippen LogP contribution in [0.25, 0.3) is 0 Å². The van der Waals surface area contributed by atoms with Gasteiger partial charge in [0.1, 0.15) is 10.6 Å². The highest BCUT2D eigenvalue weighted by Crippen LogP contribution is 2.24. The van der Waals surface area contributed by atoms with Crippen LogP contribution in [-0.4, -0.2) is 28.5 Å². The van der Waals surface area contributed by atoms with E-state index in [1.54, 1.807) is 43.5 Å². The average Bonchev–Trinajstić information content (AvgIpc) is 2.77. The molecule has 29 heavy (non-hydrogen) atoms. The summed E-state index contributed by atoms with van der Waals surface area (Å²) in [6.07, 6.45) is 0. The van der Waals surface area contributed by atoms with Gasteiger partial charge in [0.25, 0.3) is 15.9 Å². The Bertz CT molecular complexity index is 1100. The van der Waals surface area contributed by atoms with E-state index in [0.29, 0.717) is 11.4 Å². The maximum absolute atomic E-state index is 13.1. The van der Waals surface area contributed by atoms with Gasteiger partial charge in [0, 0.05) is 13.6 Å². The van der Waals surface area contributed by atoms with Crippen LogP contribution in [0.5, 0.6) is 5.75 Å². The Morgan fingerprint density at radius 3 is 2.38 bits per heavy atom. The quantitative estimate of drug-likeness (QED) is 0.647. The monoisotopic (exact) mass is 410 g/mol. The zero-order chi connectivity index (χ0) is 20.9. The van der Waals surface area contributed by atoms with Crippen LogP contribution in [0.2, 0.25) is 0 Å². The molecule has 0 aliphatic rings. The van der Waals surface area contributed by atoms with Gasteiger partial charge in [-0.2, -0.15) is 0 Å². The smallest absolute Gasteiger partial charge is 0.264 e. The summed E-state index contributed by atoms with van der Waals surface area (Å²) in [5.41, 5.74) is 1.46. The number of para-hydroxylation sites is 1. The molecule has 0 saturated heterocycles. The van der Waals surface area contributed by atoms with Crippen LogP contribution < -0.4 is 14.4 Å². The maximum atomic E-state index is 13.1. The highest BCUT2D eigenvalue weighted by Gasteiger charge is 2.26. The number of nitrogens with one attached hydrogen (secondary N) is 1. The van der Waals surface area contributed by atoms with Crippen LogP contribution in [-0.2, 0) is 16.6 Å². The predicted molar refractivity (Wildman–Crippen MR) is 113 cm³/mol. The molecular weight excluding hydrogens is 388 g/mol. The minimum atomic E-state index is -3.91. The summed E-state index contributed by atoms with van der Waals surface area (Å²) in [6.45, 7) is 0.249. The van der Waals surface area contributed by atoms with Crippen molar-refractivity contribution >= 4 is 21.6 Å². The Hall–Kier alpha value is -3.32. The number of benzene rings is 3. The number of hydrogen-bond donors (Lipinski definition) is 1. The lowest BCUT2D eigenvalue weighted by molar-refractivity contribution is 0.0947. The number of amides is 1. The third kappa shape index (κ3) is 4.57. The molecule has 3 rings (SSSR count). The molecule has 0 aromatic heterocycles. The number of anilines is 1. The van der Waals surface area contributed by atoms with Gasteiger partial charge in [-0.1, -0.05) is 42.5 Å². The van der Waals surface area contributed by atoms with E-state index < -0.39 is 15.9 Å². The molecule has 0 aliphatic heterocycles. The van der Waals surface area contributed by atoms with Gasteiger partial charge in [0.2, 0.25) is 0 Å². The summed E-state index contributed by atoms with van der Waals surface area (Å²) in [5.74, 6) is 0.220. The second kappa shape index (κ2) is 8.79. The number of hydrogen-bond acceptors (Lipinski definition) is 4. The van der Waals surface area contributed by atoms with E-state index in [0.717, 1.165) is 5.56 Å². The Kier molecular flexibility index (Phi) is 6.19. The number of nitrogens with zero attached hydrogens (tertiary/aromatic N) is 1. The molecule has 0 aliphatic carbocycles.